The molecule has 16 heavy (non-hydrogen) atoms. The molecule has 0 bridgehead atoms. The fourth-order valence-electron chi connectivity index (χ4n) is 1.53. The summed E-state index contributed by atoms with van der Waals surface area (Å²) in [4.78, 5) is 0. The number of nitrogens with zero attached hydrogens (tertiary/aromatic N) is 2. The number of aromatic nitrogens is 2. The highest BCUT2D eigenvalue weighted by Crippen LogP contribution is 2.16. The van der Waals surface area contributed by atoms with E-state index in [1.165, 1.54) is 23.0 Å². The second kappa shape index (κ2) is 4.30. The number of rotatable bonds is 3. The molecule has 0 aliphatic rings. The zero-order valence-electron chi connectivity index (χ0n) is 8.53. The predicted molar refractivity (Wildman–Crippen MR) is 57.0 cm³/mol. The van der Waals surface area contributed by atoms with Crippen LogP contribution in [-0.4, -0.2) is 9.78 Å². The van der Waals surface area contributed by atoms with E-state index in [-0.39, 0.29) is 6.54 Å². The molecule has 3 nitrogen and oxygen atoms in total. The molecule has 0 fully saturated rings. The van der Waals surface area contributed by atoms with Crippen molar-refractivity contribution >= 4 is 5.69 Å². The van der Waals surface area contributed by atoms with Gasteiger partial charge in [-0.2, -0.15) is 5.10 Å². The molecule has 0 saturated carbocycles. The largest absolute Gasteiger partial charge is 0.396 e. The molecule has 0 spiro atoms. The minimum atomic E-state index is -0.691. The van der Waals surface area contributed by atoms with Crippen LogP contribution in [0.1, 0.15) is 11.1 Å². The average molecular weight is 223 g/mol. The molecule has 2 rings (SSSR count). The van der Waals surface area contributed by atoms with Gasteiger partial charge in [-0.25, -0.2) is 8.78 Å². The first-order chi connectivity index (χ1) is 7.70. The Bertz CT molecular complexity index is 494. The molecule has 0 atom stereocenters. The molecule has 2 N–H and O–H groups in total. The Morgan fingerprint density at radius 3 is 2.81 bits per heavy atom. The van der Waals surface area contributed by atoms with Crippen molar-refractivity contribution in [1.82, 2.24) is 9.78 Å². The van der Waals surface area contributed by atoms with Gasteiger partial charge in [0.1, 0.15) is 12.5 Å². The number of nitrogens with two attached hydrogens (primary N) is 1. The molecule has 0 unspecified atom stereocenters. The maximum atomic E-state index is 13.5. The summed E-state index contributed by atoms with van der Waals surface area (Å²) in [5.74, 6) is -0.427. The van der Waals surface area contributed by atoms with Crippen LogP contribution in [-0.2, 0) is 13.2 Å². The van der Waals surface area contributed by atoms with Gasteiger partial charge in [-0.15, -0.1) is 0 Å². The van der Waals surface area contributed by atoms with E-state index in [1.54, 1.807) is 12.3 Å². The highest BCUT2D eigenvalue weighted by molar-refractivity contribution is 5.32. The Balaban J connectivity index is 2.33. The van der Waals surface area contributed by atoms with Gasteiger partial charge in [-0.05, 0) is 11.6 Å². The van der Waals surface area contributed by atoms with Crippen molar-refractivity contribution in [2.45, 2.75) is 13.2 Å². The third-order valence-corrected chi connectivity index (χ3v) is 2.33. The van der Waals surface area contributed by atoms with E-state index in [1.807, 2.05) is 0 Å². The summed E-state index contributed by atoms with van der Waals surface area (Å²) in [6.45, 7) is -0.507. The fraction of sp³-hybridized carbons (Fsp3) is 0.182. The first-order valence-corrected chi connectivity index (χ1v) is 4.81. The van der Waals surface area contributed by atoms with Crippen LogP contribution >= 0.6 is 0 Å². The van der Waals surface area contributed by atoms with Gasteiger partial charge in [0.25, 0.3) is 0 Å². The van der Waals surface area contributed by atoms with Crippen LogP contribution in [0.2, 0.25) is 0 Å². The van der Waals surface area contributed by atoms with Gasteiger partial charge >= 0.3 is 0 Å². The summed E-state index contributed by atoms with van der Waals surface area (Å²) in [5.41, 5.74) is 6.64. The number of hydrogen-bond donors (Lipinski definition) is 1. The van der Waals surface area contributed by atoms with Crippen molar-refractivity contribution in [2.75, 3.05) is 5.73 Å². The Kier molecular flexibility index (Phi) is 2.85. The maximum Gasteiger partial charge on any atom is 0.128 e. The fourth-order valence-corrected chi connectivity index (χ4v) is 1.53. The van der Waals surface area contributed by atoms with Gasteiger partial charge in [-0.1, -0.05) is 12.1 Å². The summed E-state index contributed by atoms with van der Waals surface area (Å²) in [7, 11) is 0. The van der Waals surface area contributed by atoms with E-state index in [2.05, 4.69) is 5.10 Å². The minimum Gasteiger partial charge on any atom is -0.396 e. The lowest BCUT2D eigenvalue weighted by Gasteiger charge is -2.07. The predicted octanol–water partition coefficient (Wildman–Crippen LogP) is 2.12. The number of hydrogen-bond acceptors (Lipinski definition) is 2. The van der Waals surface area contributed by atoms with E-state index in [0.29, 0.717) is 16.8 Å². The number of anilines is 1. The quantitative estimate of drug-likeness (QED) is 0.866. The SMILES string of the molecule is Nc1cnn(Cc2c(F)cccc2CF)c1. The van der Waals surface area contributed by atoms with Crippen LogP contribution in [0.5, 0.6) is 0 Å². The number of benzene rings is 1. The maximum absolute atomic E-state index is 13.5. The molecule has 2 aromatic rings. The first kappa shape index (κ1) is 10.6. The van der Waals surface area contributed by atoms with Gasteiger partial charge in [0.05, 0.1) is 18.4 Å². The lowest BCUT2D eigenvalue weighted by molar-refractivity contribution is 0.474. The topological polar surface area (TPSA) is 43.8 Å². The summed E-state index contributed by atoms with van der Waals surface area (Å²) in [6, 6.07) is 4.36. The lowest BCUT2D eigenvalue weighted by atomic mass is 10.1. The van der Waals surface area contributed by atoms with E-state index in [9.17, 15) is 8.78 Å². The summed E-state index contributed by atoms with van der Waals surface area (Å²) < 4.78 is 27.6. The van der Waals surface area contributed by atoms with Gasteiger partial charge in [0.15, 0.2) is 0 Å². The van der Waals surface area contributed by atoms with Crippen LogP contribution in [0.15, 0.2) is 30.6 Å². The summed E-state index contributed by atoms with van der Waals surface area (Å²) in [5, 5.41) is 3.93. The highest BCUT2D eigenvalue weighted by Gasteiger charge is 2.09. The zero-order chi connectivity index (χ0) is 11.5. The van der Waals surface area contributed by atoms with Crippen LogP contribution in [0.25, 0.3) is 0 Å². The third-order valence-electron chi connectivity index (χ3n) is 2.33. The molecular formula is C11H11F2N3. The average Bonchev–Trinajstić information content (AvgIpc) is 2.67. The standard InChI is InChI=1S/C11H11F2N3/c12-4-8-2-1-3-11(13)10(8)7-16-6-9(14)5-15-16/h1-3,5-6H,4,7,14H2. The smallest absolute Gasteiger partial charge is 0.128 e. The van der Waals surface area contributed by atoms with Gasteiger partial charge in [0.2, 0.25) is 0 Å². The molecular weight excluding hydrogens is 212 g/mol. The van der Waals surface area contributed by atoms with Crippen molar-refractivity contribution in [3.63, 3.8) is 0 Å². The number of alkyl halides is 1. The number of halogens is 2. The third kappa shape index (κ3) is 2.03. The monoisotopic (exact) mass is 223 g/mol. The minimum absolute atomic E-state index is 0.184. The van der Waals surface area contributed by atoms with Crippen molar-refractivity contribution in [2.24, 2.45) is 0 Å². The molecule has 5 heteroatoms. The van der Waals surface area contributed by atoms with Gasteiger partial charge < -0.3 is 5.73 Å². The Morgan fingerprint density at radius 1 is 1.38 bits per heavy atom. The second-order valence-electron chi connectivity index (χ2n) is 3.48. The van der Waals surface area contributed by atoms with Crippen molar-refractivity contribution in [3.05, 3.63) is 47.5 Å². The summed E-state index contributed by atoms with van der Waals surface area (Å²) >= 11 is 0. The van der Waals surface area contributed by atoms with Crippen LogP contribution in [0.4, 0.5) is 14.5 Å². The zero-order valence-corrected chi connectivity index (χ0v) is 8.53. The van der Waals surface area contributed by atoms with Crippen LogP contribution < -0.4 is 5.73 Å². The Labute approximate surface area is 91.5 Å². The highest BCUT2D eigenvalue weighted by atomic mass is 19.1. The molecule has 0 amide bonds. The molecule has 0 aliphatic heterocycles. The van der Waals surface area contributed by atoms with Crippen molar-refractivity contribution < 1.29 is 8.78 Å². The van der Waals surface area contributed by atoms with E-state index in [0.717, 1.165) is 0 Å². The molecule has 84 valence electrons. The number of nitrogen functional groups attached to an aromatic ring is 1. The first-order valence-electron chi connectivity index (χ1n) is 4.81. The normalized spacial score (nSPS) is 10.6. The summed E-state index contributed by atoms with van der Waals surface area (Å²) in [6.07, 6.45) is 3.05. The molecule has 0 radical (unpaired) electrons. The molecule has 0 saturated heterocycles. The molecule has 1 heterocycles. The Hall–Kier alpha value is -1.91. The van der Waals surface area contributed by atoms with Crippen molar-refractivity contribution in [3.8, 4) is 0 Å². The Morgan fingerprint density at radius 2 is 2.19 bits per heavy atom. The molecule has 1 aromatic carbocycles. The lowest BCUT2D eigenvalue weighted by Crippen LogP contribution is -2.05. The van der Waals surface area contributed by atoms with E-state index >= 15 is 0 Å². The van der Waals surface area contributed by atoms with Crippen LogP contribution in [0, 0.1) is 5.82 Å². The van der Waals surface area contributed by atoms with E-state index < -0.39 is 12.5 Å². The molecule has 1 aromatic heterocycles. The molecule has 0 aliphatic carbocycles. The van der Waals surface area contributed by atoms with Crippen LogP contribution in [0.3, 0.4) is 0 Å². The van der Waals surface area contributed by atoms with E-state index in [4.69, 9.17) is 5.73 Å². The van der Waals surface area contributed by atoms with Gasteiger partial charge in [0, 0.05) is 11.8 Å². The van der Waals surface area contributed by atoms with Crippen molar-refractivity contribution in [1.29, 1.82) is 0 Å². The second-order valence-corrected chi connectivity index (χ2v) is 3.48. The van der Waals surface area contributed by atoms with Gasteiger partial charge in [-0.3, -0.25) is 4.68 Å².